The van der Waals surface area contributed by atoms with Gasteiger partial charge in [-0.15, -0.1) is 0 Å². The maximum Gasteiger partial charge on any atom is 0.271 e. The van der Waals surface area contributed by atoms with Crippen LogP contribution in [0.15, 0.2) is 58.6 Å². The zero-order valence-corrected chi connectivity index (χ0v) is 29.3. The number of carbonyl (C=O) groups excluding carboxylic acids is 3. The lowest BCUT2D eigenvalue weighted by atomic mass is 9.91. The number of nitrogens with zero attached hydrogens (tertiary/aromatic N) is 6. The van der Waals surface area contributed by atoms with Crippen molar-refractivity contribution in [3.8, 4) is 0 Å². The fourth-order valence-corrected chi connectivity index (χ4v) is 8.01. The summed E-state index contributed by atoms with van der Waals surface area (Å²) in [5.74, 6) is -0.329. The Morgan fingerprint density at radius 1 is 1.08 bits per heavy atom. The number of rotatable bonds is 11. The predicted molar refractivity (Wildman–Crippen MR) is 195 cm³/mol. The second kappa shape index (κ2) is 15.5. The smallest absolute Gasteiger partial charge is 0.271 e. The highest BCUT2D eigenvalue weighted by molar-refractivity contribution is 5.96. The summed E-state index contributed by atoms with van der Waals surface area (Å²) in [6.45, 7) is 7.62. The number of allylic oxidation sites excluding steroid dienone is 4. The molecule has 3 amide bonds. The lowest BCUT2D eigenvalue weighted by Crippen LogP contribution is -2.46. The van der Waals surface area contributed by atoms with Gasteiger partial charge in [-0.05, 0) is 74.8 Å². The van der Waals surface area contributed by atoms with Crippen LogP contribution < -0.4 is 21.3 Å². The molecule has 4 N–H and O–H groups in total. The van der Waals surface area contributed by atoms with E-state index in [1.54, 1.807) is 6.20 Å². The zero-order valence-electron chi connectivity index (χ0n) is 29.3. The van der Waals surface area contributed by atoms with Gasteiger partial charge in [-0.3, -0.25) is 24.6 Å². The number of hydrogen-bond acceptors (Lipinski definition) is 11. The summed E-state index contributed by atoms with van der Waals surface area (Å²) < 4.78 is 5.87. The molecule has 2 saturated heterocycles. The Morgan fingerprint density at radius 2 is 1.90 bits per heavy atom. The fourth-order valence-electron chi connectivity index (χ4n) is 8.01. The SMILES string of the molecule is CCCC(C(=O)NC=O)c1noc2c3c(ccc12)CN(C1CCN(C2=CC=C(Nc4nc(N5CCCCC5)cnc4C(N)=O)C=CC2)CC1)CC3. The van der Waals surface area contributed by atoms with Crippen LogP contribution in [0.2, 0.25) is 0 Å². The quantitative estimate of drug-likeness (QED) is 0.242. The number of fused-ring (bicyclic) bond motifs is 3. The lowest BCUT2D eigenvalue weighted by molar-refractivity contribution is -0.126. The zero-order chi connectivity index (χ0) is 35.3. The standard InChI is InChI=1S/C38H47N9O4/c1-2-7-31(38(50)41-24-48)33-30-13-10-25-23-47(21-16-29(25)35(30)51-44-33)28-14-19-45(20-15-28)27-9-6-8-26(11-12-27)42-37-34(36(39)49)40-22-32(43-37)46-17-4-3-5-18-46/h6,8,10-13,22,24,28,31H,2-5,7,9,14-21,23H2,1H3,(H2,39,49)(H,42,43)(H,41,48,50). The summed E-state index contributed by atoms with van der Waals surface area (Å²) in [7, 11) is 0. The van der Waals surface area contributed by atoms with E-state index in [2.05, 4.69) is 53.7 Å². The third-order valence-electron chi connectivity index (χ3n) is 10.7. The highest BCUT2D eigenvalue weighted by atomic mass is 16.5. The van der Waals surface area contributed by atoms with E-state index in [9.17, 15) is 14.4 Å². The molecule has 13 heteroatoms. The summed E-state index contributed by atoms with van der Waals surface area (Å²) >= 11 is 0. The number of nitrogens with one attached hydrogen (secondary N) is 2. The second-order valence-corrected chi connectivity index (χ2v) is 13.9. The molecule has 0 spiro atoms. The molecule has 4 aliphatic rings. The summed E-state index contributed by atoms with van der Waals surface area (Å²) in [5.41, 5.74) is 11.7. The Balaban J connectivity index is 0.984. The van der Waals surface area contributed by atoms with Gasteiger partial charge in [0.05, 0.1) is 12.1 Å². The molecule has 5 heterocycles. The van der Waals surface area contributed by atoms with Crippen LogP contribution in [0.4, 0.5) is 11.6 Å². The maximum absolute atomic E-state index is 12.6. The van der Waals surface area contributed by atoms with Crippen molar-refractivity contribution in [3.63, 3.8) is 0 Å². The minimum absolute atomic E-state index is 0.136. The number of piperidine rings is 2. The Hall–Kier alpha value is -5.04. The van der Waals surface area contributed by atoms with Gasteiger partial charge < -0.3 is 25.4 Å². The molecule has 51 heavy (non-hydrogen) atoms. The number of aromatic nitrogens is 3. The number of nitrogens with two attached hydrogens (primary N) is 1. The monoisotopic (exact) mass is 693 g/mol. The largest absolute Gasteiger partial charge is 0.374 e. The molecule has 3 aliphatic heterocycles. The van der Waals surface area contributed by atoms with E-state index in [-0.39, 0.29) is 11.6 Å². The molecule has 2 aromatic heterocycles. The fraction of sp³-hybridized carbons (Fsp3) is 0.474. The number of hydrogen-bond donors (Lipinski definition) is 3. The van der Waals surface area contributed by atoms with Crippen LogP contribution in [0.1, 0.15) is 91.5 Å². The summed E-state index contributed by atoms with van der Waals surface area (Å²) in [6.07, 6.45) is 19.1. The van der Waals surface area contributed by atoms with Gasteiger partial charge in [0.15, 0.2) is 17.1 Å². The van der Waals surface area contributed by atoms with Gasteiger partial charge in [0, 0.05) is 74.1 Å². The Labute approximate surface area is 298 Å². The van der Waals surface area contributed by atoms with Crippen LogP contribution in [-0.2, 0) is 22.6 Å². The highest BCUT2D eigenvalue weighted by Crippen LogP contribution is 2.35. The first kappa shape index (κ1) is 34.4. The van der Waals surface area contributed by atoms with Gasteiger partial charge in [-0.1, -0.05) is 30.6 Å². The van der Waals surface area contributed by atoms with E-state index >= 15 is 0 Å². The number of amides is 3. The third kappa shape index (κ3) is 7.39. The van der Waals surface area contributed by atoms with Crippen molar-refractivity contribution in [1.29, 1.82) is 0 Å². The van der Waals surface area contributed by atoms with Crippen molar-refractivity contribution in [2.24, 2.45) is 5.73 Å². The molecule has 2 fully saturated rings. The first-order chi connectivity index (χ1) is 24.9. The minimum Gasteiger partial charge on any atom is -0.374 e. The molecule has 268 valence electrons. The molecule has 0 saturated carbocycles. The van der Waals surface area contributed by atoms with Gasteiger partial charge in [-0.2, -0.15) is 0 Å². The van der Waals surface area contributed by atoms with Crippen LogP contribution in [0, 0.1) is 0 Å². The normalized spacial score (nSPS) is 19.2. The number of anilines is 2. The average Bonchev–Trinajstić information content (AvgIpc) is 3.45. The van der Waals surface area contributed by atoms with Crippen LogP contribution in [-0.4, -0.2) is 81.9 Å². The van der Waals surface area contributed by atoms with E-state index in [1.807, 2.05) is 25.1 Å². The molecular weight excluding hydrogens is 646 g/mol. The number of likely N-dealkylation sites (tertiary alicyclic amines) is 1. The minimum atomic E-state index is -0.608. The highest BCUT2D eigenvalue weighted by Gasteiger charge is 2.31. The number of primary amides is 1. The van der Waals surface area contributed by atoms with Crippen molar-refractivity contribution < 1.29 is 18.9 Å². The van der Waals surface area contributed by atoms with Crippen LogP contribution in [0.3, 0.4) is 0 Å². The predicted octanol–water partition coefficient (Wildman–Crippen LogP) is 4.53. The second-order valence-electron chi connectivity index (χ2n) is 13.9. The third-order valence-corrected chi connectivity index (χ3v) is 10.7. The molecule has 1 aliphatic carbocycles. The molecule has 1 unspecified atom stereocenters. The topological polar surface area (TPSA) is 163 Å². The van der Waals surface area contributed by atoms with E-state index in [1.165, 1.54) is 23.2 Å². The lowest BCUT2D eigenvalue weighted by Gasteiger charge is -2.42. The summed E-state index contributed by atoms with van der Waals surface area (Å²) in [6, 6.07) is 4.67. The van der Waals surface area contributed by atoms with Gasteiger partial charge in [0.1, 0.15) is 11.5 Å². The first-order valence-electron chi connectivity index (χ1n) is 18.3. The first-order valence-corrected chi connectivity index (χ1v) is 18.3. The van der Waals surface area contributed by atoms with E-state index in [0.717, 1.165) is 107 Å². The van der Waals surface area contributed by atoms with E-state index in [0.29, 0.717) is 30.4 Å². The van der Waals surface area contributed by atoms with Crippen molar-refractivity contribution in [2.75, 3.05) is 42.9 Å². The van der Waals surface area contributed by atoms with Crippen molar-refractivity contribution >= 4 is 40.8 Å². The van der Waals surface area contributed by atoms with Gasteiger partial charge in [0.25, 0.3) is 5.91 Å². The molecule has 0 radical (unpaired) electrons. The number of imide groups is 1. The van der Waals surface area contributed by atoms with Crippen molar-refractivity contribution in [2.45, 2.75) is 83.2 Å². The molecule has 1 atom stereocenters. The van der Waals surface area contributed by atoms with Crippen molar-refractivity contribution in [1.82, 2.24) is 30.2 Å². The van der Waals surface area contributed by atoms with Crippen LogP contribution >= 0.6 is 0 Å². The van der Waals surface area contributed by atoms with E-state index in [4.69, 9.17) is 15.2 Å². The molecular formula is C38H47N9O4. The summed E-state index contributed by atoms with van der Waals surface area (Å²) in [5, 5.41) is 10.8. The molecule has 3 aromatic rings. The Morgan fingerprint density at radius 3 is 2.67 bits per heavy atom. The Kier molecular flexibility index (Phi) is 10.4. The maximum atomic E-state index is 12.6. The van der Waals surface area contributed by atoms with Gasteiger partial charge >= 0.3 is 0 Å². The van der Waals surface area contributed by atoms with E-state index < -0.39 is 11.8 Å². The van der Waals surface area contributed by atoms with Gasteiger partial charge in [0.2, 0.25) is 12.3 Å². The molecule has 0 bridgehead atoms. The number of benzene rings is 1. The molecule has 13 nitrogen and oxygen atoms in total. The number of carbonyl (C=O) groups is 3. The van der Waals surface area contributed by atoms with Crippen LogP contribution in [0.25, 0.3) is 11.0 Å². The molecule has 1 aromatic carbocycles. The molecule has 7 rings (SSSR count). The Bertz CT molecular complexity index is 1870. The van der Waals surface area contributed by atoms with Gasteiger partial charge in [-0.25, -0.2) is 9.97 Å². The van der Waals surface area contributed by atoms with Crippen molar-refractivity contribution in [3.05, 3.63) is 76.5 Å². The average molecular weight is 694 g/mol. The summed E-state index contributed by atoms with van der Waals surface area (Å²) in [4.78, 5) is 52.2. The van der Waals surface area contributed by atoms with Crippen LogP contribution in [0.5, 0.6) is 0 Å².